The molecule has 134 valence electrons. The number of aromatic carboxylic acids is 1. The molecule has 1 heterocycles. The van der Waals surface area contributed by atoms with Crippen molar-refractivity contribution in [1.82, 2.24) is 15.0 Å². The third-order valence-electron chi connectivity index (χ3n) is 3.42. The number of aromatic nitrogens is 1. The number of carboxylic acid groups (broad SMARTS) is 1. The predicted molar refractivity (Wildman–Crippen MR) is 92.4 cm³/mol. The summed E-state index contributed by atoms with van der Waals surface area (Å²) in [6.45, 7) is 3.29. The predicted octanol–water partition coefficient (Wildman–Crippen LogP) is 1.55. The minimum absolute atomic E-state index is 0.0567. The van der Waals surface area contributed by atoms with Crippen molar-refractivity contribution in [3.05, 3.63) is 45.4 Å². The van der Waals surface area contributed by atoms with Crippen LogP contribution in [0, 0.1) is 6.92 Å². The number of rotatable bonds is 6. The van der Waals surface area contributed by atoms with E-state index in [1.165, 1.54) is 31.3 Å². The van der Waals surface area contributed by atoms with E-state index in [1.54, 1.807) is 13.8 Å². The third-order valence-corrected chi connectivity index (χ3v) is 6.18. The highest BCUT2D eigenvalue weighted by Gasteiger charge is 2.20. The van der Waals surface area contributed by atoms with E-state index >= 15 is 0 Å². The van der Waals surface area contributed by atoms with Gasteiger partial charge in [-0.05, 0) is 45.2 Å². The molecular formula is C15H17N3O5S2. The van der Waals surface area contributed by atoms with Gasteiger partial charge in [-0.1, -0.05) is 0 Å². The number of benzene rings is 1. The molecule has 1 atom stereocenters. The monoisotopic (exact) mass is 383 g/mol. The van der Waals surface area contributed by atoms with Gasteiger partial charge < -0.3 is 10.4 Å². The van der Waals surface area contributed by atoms with Crippen LogP contribution in [0.4, 0.5) is 0 Å². The molecule has 2 aromatic rings. The van der Waals surface area contributed by atoms with Crippen molar-refractivity contribution >= 4 is 33.2 Å². The lowest BCUT2D eigenvalue weighted by atomic mass is 10.2. The summed E-state index contributed by atoms with van der Waals surface area (Å²) in [6, 6.07) is 5.00. The first-order valence-corrected chi connectivity index (χ1v) is 9.50. The molecule has 10 heteroatoms. The van der Waals surface area contributed by atoms with Gasteiger partial charge in [-0.2, -0.15) is 0 Å². The average molecular weight is 383 g/mol. The van der Waals surface area contributed by atoms with Gasteiger partial charge in [0.1, 0.15) is 9.88 Å². The van der Waals surface area contributed by atoms with Gasteiger partial charge in [0, 0.05) is 5.56 Å². The number of hydrogen-bond donors (Lipinski definition) is 3. The van der Waals surface area contributed by atoms with E-state index in [4.69, 9.17) is 5.11 Å². The highest BCUT2D eigenvalue weighted by Crippen LogP contribution is 2.24. The molecule has 0 aliphatic rings. The molecule has 25 heavy (non-hydrogen) atoms. The Kier molecular flexibility index (Phi) is 5.55. The Labute approximate surface area is 149 Å². The zero-order valence-corrected chi connectivity index (χ0v) is 15.4. The van der Waals surface area contributed by atoms with Crippen LogP contribution in [-0.4, -0.2) is 37.4 Å². The Bertz CT molecular complexity index is 904. The number of sulfonamides is 1. The second-order valence-electron chi connectivity index (χ2n) is 5.20. The van der Waals surface area contributed by atoms with Gasteiger partial charge in [0.05, 0.1) is 16.6 Å². The molecular weight excluding hydrogens is 366 g/mol. The van der Waals surface area contributed by atoms with Gasteiger partial charge in [0.25, 0.3) is 5.91 Å². The van der Waals surface area contributed by atoms with E-state index in [0.717, 1.165) is 11.3 Å². The second-order valence-corrected chi connectivity index (χ2v) is 8.12. The van der Waals surface area contributed by atoms with Crippen LogP contribution in [0.25, 0.3) is 0 Å². The standard InChI is InChI=1S/C15H17N3O5S2/c1-8-12(15(20)21)24-14(18-8)9(2)17-13(19)10-4-6-11(7-5-10)25(22,23)16-3/h4-7,9,16H,1-3H3,(H,17,19)(H,20,21). The van der Waals surface area contributed by atoms with Gasteiger partial charge in [0.15, 0.2) is 0 Å². The van der Waals surface area contributed by atoms with E-state index in [9.17, 15) is 18.0 Å². The number of amides is 1. The fourth-order valence-corrected chi connectivity index (χ4v) is 3.68. The molecule has 0 fully saturated rings. The van der Waals surface area contributed by atoms with Gasteiger partial charge in [0.2, 0.25) is 10.0 Å². The Hall–Kier alpha value is -2.30. The lowest BCUT2D eigenvalue weighted by Gasteiger charge is -2.11. The molecule has 0 saturated carbocycles. The van der Waals surface area contributed by atoms with Crippen LogP contribution < -0.4 is 10.0 Å². The Morgan fingerprint density at radius 3 is 2.32 bits per heavy atom. The quantitative estimate of drug-likeness (QED) is 0.695. The minimum atomic E-state index is -3.56. The molecule has 3 N–H and O–H groups in total. The Morgan fingerprint density at radius 2 is 1.84 bits per heavy atom. The molecule has 1 aromatic carbocycles. The first-order chi connectivity index (χ1) is 11.7. The normalized spacial score (nSPS) is 12.6. The van der Waals surface area contributed by atoms with E-state index < -0.39 is 27.9 Å². The summed E-state index contributed by atoms with van der Waals surface area (Å²) in [7, 11) is -2.26. The van der Waals surface area contributed by atoms with Crippen molar-refractivity contribution < 1.29 is 23.1 Å². The van der Waals surface area contributed by atoms with Crippen molar-refractivity contribution in [2.24, 2.45) is 0 Å². The molecule has 0 saturated heterocycles. The largest absolute Gasteiger partial charge is 0.477 e. The van der Waals surface area contributed by atoms with Crippen LogP contribution in [0.15, 0.2) is 29.2 Å². The van der Waals surface area contributed by atoms with Crippen LogP contribution in [0.3, 0.4) is 0 Å². The average Bonchev–Trinajstić information content (AvgIpc) is 2.97. The van der Waals surface area contributed by atoms with Crippen LogP contribution in [0.2, 0.25) is 0 Å². The molecule has 1 aromatic heterocycles. The summed E-state index contributed by atoms with van der Waals surface area (Å²) >= 11 is 1.01. The molecule has 1 unspecified atom stereocenters. The first kappa shape index (κ1) is 19.0. The highest BCUT2D eigenvalue weighted by molar-refractivity contribution is 7.89. The first-order valence-electron chi connectivity index (χ1n) is 7.20. The summed E-state index contributed by atoms with van der Waals surface area (Å²) in [6.07, 6.45) is 0. The number of thiazole rings is 1. The lowest BCUT2D eigenvalue weighted by Crippen LogP contribution is -2.26. The molecule has 0 aliphatic heterocycles. The van der Waals surface area contributed by atoms with Crippen molar-refractivity contribution in [3.63, 3.8) is 0 Å². The smallest absolute Gasteiger partial charge is 0.347 e. The van der Waals surface area contributed by atoms with Crippen molar-refractivity contribution in [1.29, 1.82) is 0 Å². The molecule has 0 bridgehead atoms. The SMILES string of the molecule is CNS(=O)(=O)c1ccc(C(=O)NC(C)c2nc(C)c(C(=O)O)s2)cc1. The minimum Gasteiger partial charge on any atom is -0.477 e. The fourth-order valence-electron chi connectivity index (χ4n) is 2.05. The molecule has 0 radical (unpaired) electrons. The van der Waals surface area contributed by atoms with Crippen LogP contribution >= 0.6 is 11.3 Å². The van der Waals surface area contributed by atoms with E-state index in [1.807, 2.05) is 0 Å². The number of hydrogen-bond acceptors (Lipinski definition) is 6. The van der Waals surface area contributed by atoms with Crippen LogP contribution in [0.5, 0.6) is 0 Å². The number of nitrogens with one attached hydrogen (secondary N) is 2. The maximum atomic E-state index is 12.3. The topological polar surface area (TPSA) is 125 Å². The van der Waals surface area contributed by atoms with E-state index in [-0.39, 0.29) is 15.3 Å². The molecule has 0 aliphatic carbocycles. The summed E-state index contributed by atoms with van der Waals surface area (Å²) in [4.78, 5) is 27.7. The second kappa shape index (κ2) is 7.30. The molecule has 1 amide bonds. The summed E-state index contributed by atoms with van der Waals surface area (Å²) in [5.41, 5.74) is 0.684. The van der Waals surface area contributed by atoms with Gasteiger partial charge >= 0.3 is 5.97 Å². The summed E-state index contributed by atoms with van der Waals surface area (Å²) in [5, 5.41) is 12.3. The van der Waals surface area contributed by atoms with Crippen molar-refractivity contribution in [3.8, 4) is 0 Å². The number of carbonyl (C=O) groups excluding carboxylic acids is 1. The maximum absolute atomic E-state index is 12.3. The zero-order chi connectivity index (χ0) is 18.8. The van der Waals surface area contributed by atoms with Crippen molar-refractivity contribution in [2.45, 2.75) is 24.8 Å². The van der Waals surface area contributed by atoms with Gasteiger partial charge in [-0.15, -0.1) is 11.3 Å². The third kappa shape index (κ3) is 4.21. The van der Waals surface area contributed by atoms with Gasteiger partial charge in [-0.25, -0.2) is 22.9 Å². The lowest BCUT2D eigenvalue weighted by molar-refractivity contribution is 0.0700. The summed E-state index contributed by atoms with van der Waals surface area (Å²) in [5.74, 6) is -1.47. The fraction of sp³-hybridized carbons (Fsp3) is 0.267. The van der Waals surface area contributed by atoms with Crippen LogP contribution in [0.1, 0.15) is 43.7 Å². The summed E-state index contributed by atoms with van der Waals surface area (Å²) < 4.78 is 25.5. The molecule has 0 spiro atoms. The zero-order valence-electron chi connectivity index (χ0n) is 13.7. The highest BCUT2D eigenvalue weighted by atomic mass is 32.2. The number of carboxylic acids is 1. The number of aryl methyl sites for hydroxylation is 1. The Morgan fingerprint density at radius 1 is 1.24 bits per heavy atom. The van der Waals surface area contributed by atoms with Crippen LogP contribution in [-0.2, 0) is 10.0 Å². The maximum Gasteiger partial charge on any atom is 0.347 e. The molecule has 2 rings (SSSR count). The van der Waals surface area contributed by atoms with Gasteiger partial charge in [-0.3, -0.25) is 4.79 Å². The number of carbonyl (C=O) groups is 2. The van der Waals surface area contributed by atoms with E-state index in [2.05, 4.69) is 15.0 Å². The Balaban J connectivity index is 2.14. The number of nitrogens with zero attached hydrogens (tertiary/aromatic N) is 1. The molecule has 8 nitrogen and oxygen atoms in total. The van der Waals surface area contributed by atoms with E-state index in [0.29, 0.717) is 10.7 Å². The van der Waals surface area contributed by atoms with Crippen molar-refractivity contribution in [2.75, 3.05) is 7.05 Å².